The van der Waals surface area contributed by atoms with Crippen LogP contribution < -0.4 is 4.90 Å². The van der Waals surface area contributed by atoms with E-state index in [-0.39, 0.29) is 11.7 Å². The Kier molecular flexibility index (Phi) is 4.46. The van der Waals surface area contributed by atoms with E-state index in [2.05, 4.69) is 16.0 Å². The number of nitrogens with zero attached hydrogens (tertiary/aromatic N) is 5. The summed E-state index contributed by atoms with van der Waals surface area (Å²) in [5.41, 5.74) is 2.98. The highest BCUT2D eigenvalue weighted by molar-refractivity contribution is 5.95. The number of pyridine rings is 1. The molecule has 0 saturated carbocycles. The number of aromatic nitrogens is 3. The van der Waals surface area contributed by atoms with Crippen LogP contribution in [0, 0.1) is 17.2 Å². The second kappa shape index (κ2) is 6.91. The molecule has 2 aliphatic rings. The average molecular weight is 349 g/mol. The average Bonchev–Trinajstić information content (AvgIpc) is 3.12. The summed E-state index contributed by atoms with van der Waals surface area (Å²) in [4.78, 5) is 24.0. The number of carbonyl (C=O) groups excluding carboxylic acids is 1. The van der Waals surface area contributed by atoms with E-state index in [1.807, 2.05) is 13.1 Å². The monoisotopic (exact) mass is 349 g/mol. The Morgan fingerprint density at radius 3 is 2.92 bits per heavy atom. The Balaban J connectivity index is 1.61. The van der Waals surface area contributed by atoms with Crippen LogP contribution in [-0.4, -0.2) is 33.4 Å². The first kappa shape index (κ1) is 16.8. The topological polar surface area (TPSA) is 74.8 Å². The van der Waals surface area contributed by atoms with Crippen LogP contribution in [0.3, 0.4) is 0 Å². The third-order valence-corrected chi connectivity index (χ3v) is 5.53. The van der Waals surface area contributed by atoms with Crippen molar-refractivity contribution in [1.29, 1.82) is 5.26 Å². The molecule has 1 atom stereocenters. The van der Waals surface area contributed by atoms with Gasteiger partial charge in [0.2, 0.25) is 5.78 Å². The zero-order valence-corrected chi connectivity index (χ0v) is 15.1. The number of piperidine rings is 1. The fourth-order valence-electron chi connectivity index (χ4n) is 4.12. The van der Waals surface area contributed by atoms with E-state index in [1.54, 1.807) is 17.0 Å². The summed E-state index contributed by atoms with van der Waals surface area (Å²) in [5, 5.41) is 9.62. The Labute approximate surface area is 153 Å². The molecule has 26 heavy (non-hydrogen) atoms. The molecule has 2 aromatic heterocycles. The van der Waals surface area contributed by atoms with Crippen LogP contribution in [-0.2, 0) is 19.9 Å². The number of nitriles is 1. The van der Waals surface area contributed by atoms with Crippen molar-refractivity contribution in [3.05, 3.63) is 41.1 Å². The molecule has 0 amide bonds. The van der Waals surface area contributed by atoms with Crippen molar-refractivity contribution < 1.29 is 4.79 Å². The van der Waals surface area contributed by atoms with Gasteiger partial charge in [0.15, 0.2) is 5.82 Å². The van der Waals surface area contributed by atoms with Crippen LogP contribution in [0.1, 0.15) is 53.1 Å². The standard InChI is InChI=1S/C20H23N5O/c1-24-10-8-22-20(24)18(26)15-6-4-9-25(13-15)19-16(12-21)11-14-5-2-3-7-17(14)23-19/h8,10-11,15H,2-7,9,13H2,1H3/t15-/m1/s1. The minimum Gasteiger partial charge on any atom is -0.355 e. The molecule has 6 nitrogen and oxygen atoms in total. The van der Waals surface area contributed by atoms with Crippen LogP contribution >= 0.6 is 0 Å². The van der Waals surface area contributed by atoms with E-state index in [4.69, 9.17) is 4.98 Å². The first-order valence-corrected chi connectivity index (χ1v) is 9.36. The molecule has 0 spiro atoms. The molecular formula is C20H23N5O. The molecule has 1 aliphatic carbocycles. The molecule has 0 radical (unpaired) electrons. The van der Waals surface area contributed by atoms with Gasteiger partial charge in [0, 0.05) is 44.1 Å². The van der Waals surface area contributed by atoms with Crippen molar-refractivity contribution in [1.82, 2.24) is 14.5 Å². The number of aryl methyl sites for hydroxylation is 3. The number of fused-ring (bicyclic) bond motifs is 1. The SMILES string of the molecule is Cn1ccnc1C(=O)[C@@H]1CCCN(c2nc3c(cc2C#N)CCCC3)C1. The molecule has 1 saturated heterocycles. The minimum atomic E-state index is -0.103. The normalized spacial score (nSPS) is 19.7. The molecule has 0 N–H and O–H groups in total. The lowest BCUT2D eigenvalue weighted by atomic mass is 9.92. The van der Waals surface area contributed by atoms with Crippen molar-refractivity contribution in [2.75, 3.05) is 18.0 Å². The van der Waals surface area contributed by atoms with E-state index >= 15 is 0 Å². The molecule has 0 aromatic carbocycles. The summed E-state index contributed by atoms with van der Waals surface area (Å²) in [7, 11) is 1.85. The number of imidazole rings is 1. The first-order chi connectivity index (χ1) is 12.7. The van der Waals surface area contributed by atoms with Crippen LogP contribution in [0.2, 0.25) is 0 Å². The van der Waals surface area contributed by atoms with Crippen LogP contribution in [0.4, 0.5) is 5.82 Å². The van der Waals surface area contributed by atoms with Gasteiger partial charge in [-0.15, -0.1) is 0 Å². The van der Waals surface area contributed by atoms with Crippen LogP contribution in [0.5, 0.6) is 0 Å². The largest absolute Gasteiger partial charge is 0.355 e. The summed E-state index contributed by atoms with van der Waals surface area (Å²) in [6, 6.07) is 4.33. The van der Waals surface area contributed by atoms with Crippen molar-refractivity contribution in [3.63, 3.8) is 0 Å². The number of hydrogen-bond donors (Lipinski definition) is 0. The number of hydrogen-bond acceptors (Lipinski definition) is 5. The number of Topliss-reactive ketones (excluding diaryl/α,β-unsaturated/α-hetero) is 1. The molecule has 3 heterocycles. The summed E-state index contributed by atoms with van der Waals surface area (Å²) in [5.74, 6) is 1.24. The van der Waals surface area contributed by atoms with Crippen LogP contribution in [0.15, 0.2) is 18.5 Å². The molecular weight excluding hydrogens is 326 g/mol. The van der Waals surface area contributed by atoms with Gasteiger partial charge < -0.3 is 9.47 Å². The predicted octanol–water partition coefficient (Wildman–Crippen LogP) is 2.66. The van der Waals surface area contributed by atoms with Gasteiger partial charge in [-0.25, -0.2) is 9.97 Å². The Bertz CT molecular complexity index is 879. The molecule has 0 unspecified atom stereocenters. The van der Waals surface area contributed by atoms with Crippen molar-refractivity contribution >= 4 is 11.6 Å². The van der Waals surface area contributed by atoms with Gasteiger partial charge in [0.05, 0.1) is 5.56 Å². The lowest BCUT2D eigenvalue weighted by Crippen LogP contribution is -2.40. The van der Waals surface area contributed by atoms with Gasteiger partial charge in [0.1, 0.15) is 11.9 Å². The van der Waals surface area contributed by atoms with Crippen molar-refractivity contribution in [3.8, 4) is 6.07 Å². The van der Waals surface area contributed by atoms with E-state index in [0.29, 0.717) is 17.9 Å². The quantitative estimate of drug-likeness (QED) is 0.797. The Morgan fingerprint density at radius 1 is 1.31 bits per heavy atom. The maximum atomic E-state index is 12.9. The Morgan fingerprint density at radius 2 is 2.15 bits per heavy atom. The van der Waals surface area contributed by atoms with Gasteiger partial charge in [-0.1, -0.05) is 0 Å². The summed E-state index contributed by atoms with van der Waals surface area (Å²) in [6.07, 6.45) is 9.56. The lowest BCUT2D eigenvalue weighted by molar-refractivity contribution is 0.0893. The third-order valence-electron chi connectivity index (χ3n) is 5.53. The predicted molar refractivity (Wildman–Crippen MR) is 98.1 cm³/mol. The van der Waals surface area contributed by atoms with Gasteiger partial charge in [-0.3, -0.25) is 4.79 Å². The highest BCUT2D eigenvalue weighted by Gasteiger charge is 2.30. The maximum Gasteiger partial charge on any atom is 0.203 e. The second-order valence-electron chi connectivity index (χ2n) is 7.30. The third kappa shape index (κ3) is 2.98. The van der Waals surface area contributed by atoms with Gasteiger partial charge >= 0.3 is 0 Å². The fraction of sp³-hybridized carbons (Fsp3) is 0.500. The highest BCUT2D eigenvalue weighted by Crippen LogP contribution is 2.30. The highest BCUT2D eigenvalue weighted by atomic mass is 16.1. The summed E-state index contributed by atoms with van der Waals surface area (Å²) >= 11 is 0. The van der Waals surface area contributed by atoms with Crippen LogP contribution in [0.25, 0.3) is 0 Å². The van der Waals surface area contributed by atoms with Crippen molar-refractivity contribution in [2.45, 2.75) is 38.5 Å². The molecule has 6 heteroatoms. The number of carbonyl (C=O) groups is 1. The van der Waals surface area contributed by atoms with E-state index in [0.717, 1.165) is 50.2 Å². The second-order valence-corrected chi connectivity index (χ2v) is 7.30. The molecule has 1 fully saturated rings. The molecule has 4 rings (SSSR count). The molecule has 0 bridgehead atoms. The number of ketones is 1. The number of rotatable bonds is 3. The van der Waals surface area contributed by atoms with E-state index < -0.39 is 0 Å². The van der Waals surface area contributed by atoms with Gasteiger partial charge in [0.25, 0.3) is 0 Å². The summed E-state index contributed by atoms with van der Waals surface area (Å²) in [6.45, 7) is 1.44. The summed E-state index contributed by atoms with van der Waals surface area (Å²) < 4.78 is 1.78. The minimum absolute atomic E-state index is 0.0821. The Hall–Kier alpha value is -2.68. The van der Waals surface area contributed by atoms with Crippen molar-refractivity contribution in [2.24, 2.45) is 13.0 Å². The van der Waals surface area contributed by atoms with Gasteiger partial charge in [-0.05, 0) is 50.2 Å². The lowest BCUT2D eigenvalue weighted by Gasteiger charge is -2.34. The molecule has 134 valence electrons. The fourth-order valence-corrected chi connectivity index (χ4v) is 4.12. The number of anilines is 1. The molecule has 1 aliphatic heterocycles. The first-order valence-electron chi connectivity index (χ1n) is 9.36. The molecule has 2 aromatic rings. The van der Waals surface area contributed by atoms with Gasteiger partial charge in [-0.2, -0.15) is 5.26 Å². The van der Waals surface area contributed by atoms with E-state index in [9.17, 15) is 10.1 Å². The van der Waals surface area contributed by atoms with E-state index in [1.165, 1.54) is 12.0 Å². The smallest absolute Gasteiger partial charge is 0.203 e. The maximum absolute atomic E-state index is 12.9. The zero-order chi connectivity index (χ0) is 18.1. The zero-order valence-electron chi connectivity index (χ0n) is 15.1.